The molecule has 1 saturated heterocycles. The van der Waals surface area contributed by atoms with E-state index >= 15 is 0 Å². The molecule has 2 aliphatic rings. The van der Waals surface area contributed by atoms with Crippen LogP contribution in [0.25, 0.3) is 5.57 Å². The Hall–Kier alpha value is -2.34. The Bertz CT molecular complexity index is 692. The van der Waals surface area contributed by atoms with E-state index in [-0.39, 0.29) is 11.8 Å². The number of para-hydroxylation sites is 1. The molecule has 0 bridgehead atoms. The van der Waals surface area contributed by atoms with E-state index in [0.29, 0.717) is 42.2 Å². The summed E-state index contributed by atoms with van der Waals surface area (Å²) in [5.74, 6) is 0.158. The molecule has 0 aromatic heterocycles. The lowest BCUT2D eigenvalue weighted by molar-refractivity contribution is -0.137. The van der Waals surface area contributed by atoms with Gasteiger partial charge in [0.2, 0.25) is 0 Å². The molecule has 25 heavy (non-hydrogen) atoms. The van der Waals surface area contributed by atoms with E-state index in [1.165, 1.54) is 4.90 Å². The predicted octanol–water partition coefficient (Wildman–Crippen LogP) is 1.91. The van der Waals surface area contributed by atoms with E-state index in [1.807, 2.05) is 29.2 Å². The van der Waals surface area contributed by atoms with Crippen molar-refractivity contribution < 1.29 is 19.1 Å². The van der Waals surface area contributed by atoms with Crippen molar-refractivity contribution in [3.63, 3.8) is 0 Å². The third-order valence-corrected chi connectivity index (χ3v) is 4.67. The molecular weight excluding hydrogens is 320 g/mol. The van der Waals surface area contributed by atoms with E-state index < -0.39 is 0 Å². The fourth-order valence-corrected chi connectivity index (χ4v) is 3.46. The molecule has 1 aromatic rings. The highest BCUT2D eigenvalue weighted by Gasteiger charge is 2.42. The lowest BCUT2D eigenvalue weighted by Crippen LogP contribution is -2.35. The van der Waals surface area contributed by atoms with Crippen molar-refractivity contribution in [2.24, 2.45) is 0 Å². The lowest BCUT2D eigenvalue weighted by atomic mass is 10.0. The van der Waals surface area contributed by atoms with Crippen LogP contribution >= 0.6 is 0 Å². The number of ether oxygens (including phenoxy) is 2. The average molecular weight is 344 g/mol. The maximum absolute atomic E-state index is 13.1. The highest BCUT2D eigenvalue weighted by atomic mass is 16.5. The van der Waals surface area contributed by atoms with Gasteiger partial charge in [0.05, 0.1) is 12.7 Å². The minimum absolute atomic E-state index is 0.205. The molecule has 1 aromatic carbocycles. The SMILES string of the molecule is COCCCN1C(=O)C(c2ccccc2OC)=C(N2CCCC2)C1=O. The molecule has 0 spiro atoms. The molecule has 1 fully saturated rings. The molecule has 2 heterocycles. The normalized spacial score (nSPS) is 17.8. The first kappa shape index (κ1) is 17.5. The van der Waals surface area contributed by atoms with Crippen LogP contribution in [-0.2, 0) is 14.3 Å². The van der Waals surface area contributed by atoms with Crippen LogP contribution < -0.4 is 4.74 Å². The highest BCUT2D eigenvalue weighted by Crippen LogP contribution is 2.37. The van der Waals surface area contributed by atoms with Crippen molar-refractivity contribution in [3.8, 4) is 5.75 Å². The van der Waals surface area contributed by atoms with E-state index in [9.17, 15) is 9.59 Å². The number of amides is 2. The monoisotopic (exact) mass is 344 g/mol. The minimum atomic E-state index is -0.243. The third kappa shape index (κ3) is 3.26. The van der Waals surface area contributed by atoms with Gasteiger partial charge in [-0.15, -0.1) is 0 Å². The van der Waals surface area contributed by atoms with Gasteiger partial charge < -0.3 is 14.4 Å². The van der Waals surface area contributed by atoms with Gasteiger partial charge in [0, 0.05) is 38.9 Å². The maximum atomic E-state index is 13.1. The number of carbonyl (C=O) groups excluding carboxylic acids is 2. The second-order valence-electron chi connectivity index (χ2n) is 6.23. The molecule has 0 radical (unpaired) electrons. The summed E-state index contributed by atoms with van der Waals surface area (Å²) in [4.78, 5) is 29.5. The molecule has 0 saturated carbocycles. The molecular formula is C19H24N2O4. The third-order valence-electron chi connectivity index (χ3n) is 4.67. The summed E-state index contributed by atoms with van der Waals surface area (Å²) in [6.07, 6.45) is 2.70. The van der Waals surface area contributed by atoms with Crippen LogP contribution in [0.1, 0.15) is 24.8 Å². The van der Waals surface area contributed by atoms with Crippen molar-refractivity contribution in [2.75, 3.05) is 40.5 Å². The van der Waals surface area contributed by atoms with Gasteiger partial charge in [0.25, 0.3) is 11.8 Å². The van der Waals surface area contributed by atoms with Gasteiger partial charge in [0.15, 0.2) is 0 Å². The standard InChI is InChI=1S/C19H24N2O4/c1-24-13-7-12-21-18(22)16(14-8-3-4-9-15(14)25-2)17(19(21)23)20-10-5-6-11-20/h3-4,8-9H,5-7,10-13H2,1-2H3. The molecule has 6 nitrogen and oxygen atoms in total. The molecule has 3 rings (SSSR count). The summed E-state index contributed by atoms with van der Waals surface area (Å²) >= 11 is 0. The molecule has 0 N–H and O–H groups in total. The van der Waals surface area contributed by atoms with Crippen LogP contribution in [-0.4, -0.2) is 62.1 Å². The Morgan fingerprint density at radius 1 is 1.04 bits per heavy atom. The van der Waals surface area contributed by atoms with Crippen molar-refractivity contribution in [1.82, 2.24) is 9.80 Å². The molecule has 0 unspecified atom stereocenters. The number of methoxy groups -OCH3 is 2. The number of imide groups is 1. The zero-order valence-corrected chi connectivity index (χ0v) is 14.8. The summed E-state index contributed by atoms with van der Waals surface area (Å²) in [5.41, 5.74) is 1.66. The van der Waals surface area contributed by atoms with Gasteiger partial charge in [-0.25, -0.2) is 0 Å². The molecule has 0 aliphatic carbocycles. The van der Waals surface area contributed by atoms with Crippen LogP contribution in [0.3, 0.4) is 0 Å². The van der Waals surface area contributed by atoms with Crippen molar-refractivity contribution >= 4 is 17.4 Å². The van der Waals surface area contributed by atoms with Crippen molar-refractivity contribution in [3.05, 3.63) is 35.5 Å². The van der Waals surface area contributed by atoms with Gasteiger partial charge >= 0.3 is 0 Å². The molecule has 2 amide bonds. The van der Waals surface area contributed by atoms with E-state index in [2.05, 4.69) is 0 Å². The largest absolute Gasteiger partial charge is 0.496 e. The maximum Gasteiger partial charge on any atom is 0.277 e. The number of nitrogens with zero attached hydrogens (tertiary/aromatic N) is 2. The highest BCUT2D eigenvalue weighted by molar-refractivity contribution is 6.36. The summed E-state index contributed by atoms with van der Waals surface area (Å²) in [7, 11) is 3.19. The zero-order chi connectivity index (χ0) is 17.8. The quantitative estimate of drug-likeness (QED) is 0.559. The smallest absolute Gasteiger partial charge is 0.277 e. The fraction of sp³-hybridized carbons (Fsp3) is 0.474. The topological polar surface area (TPSA) is 59.1 Å². The second kappa shape index (κ2) is 7.70. The fourth-order valence-electron chi connectivity index (χ4n) is 3.46. The van der Waals surface area contributed by atoms with Gasteiger partial charge in [0.1, 0.15) is 11.4 Å². The summed E-state index contributed by atoms with van der Waals surface area (Å²) in [6, 6.07) is 7.37. The van der Waals surface area contributed by atoms with Crippen molar-refractivity contribution in [1.29, 1.82) is 0 Å². The Morgan fingerprint density at radius 2 is 1.76 bits per heavy atom. The summed E-state index contributed by atoms with van der Waals surface area (Å²) < 4.78 is 10.5. The predicted molar refractivity (Wildman–Crippen MR) is 93.9 cm³/mol. The molecule has 0 atom stereocenters. The second-order valence-corrected chi connectivity index (χ2v) is 6.23. The first-order valence-corrected chi connectivity index (χ1v) is 8.66. The van der Waals surface area contributed by atoms with Crippen LogP contribution in [0.2, 0.25) is 0 Å². The van der Waals surface area contributed by atoms with Crippen molar-refractivity contribution in [2.45, 2.75) is 19.3 Å². The molecule has 134 valence electrons. The van der Waals surface area contributed by atoms with Crippen LogP contribution in [0.15, 0.2) is 30.0 Å². The number of benzene rings is 1. The van der Waals surface area contributed by atoms with Gasteiger partial charge in [-0.2, -0.15) is 0 Å². The number of carbonyl (C=O) groups is 2. The molecule has 6 heteroatoms. The zero-order valence-electron chi connectivity index (χ0n) is 14.8. The average Bonchev–Trinajstić information content (AvgIpc) is 3.23. The van der Waals surface area contributed by atoms with Gasteiger partial charge in [-0.1, -0.05) is 18.2 Å². The van der Waals surface area contributed by atoms with Gasteiger partial charge in [-0.05, 0) is 25.3 Å². The Labute approximate surface area is 148 Å². The van der Waals surface area contributed by atoms with E-state index in [1.54, 1.807) is 14.2 Å². The molecule has 2 aliphatic heterocycles. The first-order valence-electron chi connectivity index (χ1n) is 8.66. The Kier molecular flexibility index (Phi) is 5.38. The van der Waals surface area contributed by atoms with Crippen LogP contribution in [0, 0.1) is 0 Å². The van der Waals surface area contributed by atoms with Crippen LogP contribution in [0.5, 0.6) is 5.75 Å². The van der Waals surface area contributed by atoms with Gasteiger partial charge in [-0.3, -0.25) is 14.5 Å². The number of likely N-dealkylation sites (tertiary alicyclic amines) is 1. The number of rotatable bonds is 7. The minimum Gasteiger partial charge on any atom is -0.496 e. The number of hydrogen-bond donors (Lipinski definition) is 0. The van der Waals surface area contributed by atoms with Crippen LogP contribution in [0.4, 0.5) is 0 Å². The van der Waals surface area contributed by atoms with E-state index in [0.717, 1.165) is 25.9 Å². The lowest BCUT2D eigenvalue weighted by Gasteiger charge is -2.20. The number of hydrogen-bond acceptors (Lipinski definition) is 5. The summed E-state index contributed by atoms with van der Waals surface area (Å²) in [5, 5.41) is 0. The van der Waals surface area contributed by atoms with E-state index in [4.69, 9.17) is 9.47 Å². The Balaban J connectivity index is 2.02. The summed E-state index contributed by atoms with van der Waals surface area (Å²) in [6.45, 7) is 2.49. The Morgan fingerprint density at radius 3 is 2.44 bits per heavy atom. The first-order chi connectivity index (χ1) is 12.2.